The van der Waals surface area contributed by atoms with Gasteiger partial charge in [-0.05, 0) is 36.4 Å². The van der Waals surface area contributed by atoms with Crippen LogP contribution >= 0.6 is 0 Å². The highest BCUT2D eigenvalue weighted by atomic mass is 16.7. The number of carbonyl (C=O) groups excluding carboxylic acids is 1. The van der Waals surface area contributed by atoms with Crippen molar-refractivity contribution in [3.8, 4) is 40.2 Å². The molecule has 0 atom stereocenters. The number of benzene rings is 1. The smallest absolute Gasteiger partial charge is 0.257 e. The van der Waals surface area contributed by atoms with E-state index >= 15 is 0 Å². The Hall–Kier alpha value is -4.18. The van der Waals surface area contributed by atoms with Gasteiger partial charge in [0.1, 0.15) is 5.69 Å². The van der Waals surface area contributed by atoms with Gasteiger partial charge in [0.25, 0.3) is 11.9 Å². The van der Waals surface area contributed by atoms with Crippen LogP contribution in [-0.4, -0.2) is 64.7 Å². The van der Waals surface area contributed by atoms with Crippen molar-refractivity contribution in [2.75, 3.05) is 34.1 Å². The topological polar surface area (TPSA) is 105 Å². The van der Waals surface area contributed by atoms with E-state index in [0.717, 1.165) is 5.56 Å². The molecule has 168 valence electrons. The lowest BCUT2D eigenvalue weighted by molar-refractivity contribution is 0.0745. The molecule has 0 fully saturated rings. The number of carbonyl (C=O) groups is 1. The number of ether oxygens (including phenoxy) is 3. The molecular formula is C23H21N5O5. The van der Waals surface area contributed by atoms with Crippen LogP contribution in [0.5, 0.6) is 11.5 Å². The summed E-state index contributed by atoms with van der Waals surface area (Å²) in [6, 6.07) is 10.9. The Kier molecular flexibility index (Phi) is 5.49. The third-order valence-electron chi connectivity index (χ3n) is 5.23. The Labute approximate surface area is 189 Å². The normalized spacial score (nSPS) is 12.2. The number of aromatic nitrogens is 4. The monoisotopic (exact) mass is 447 g/mol. The SMILES string of the molecule is COCCN(C)C(=O)c1cnn(-c2nccc(-c3ccc4c(c3)OCO4)n2)c1-c1ccco1. The minimum atomic E-state index is -0.211. The molecule has 10 nitrogen and oxygen atoms in total. The van der Waals surface area contributed by atoms with E-state index < -0.39 is 0 Å². The minimum Gasteiger partial charge on any atom is -0.463 e. The third-order valence-corrected chi connectivity index (χ3v) is 5.23. The van der Waals surface area contributed by atoms with Gasteiger partial charge in [0.2, 0.25) is 6.79 Å². The second-order valence-electron chi connectivity index (χ2n) is 7.33. The zero-order valence-electron chi connectivity index (χ0n) is 18.1. The maximum Gasteiger partial charge on any atom is 0.257 e. The van der Waals surface area contributed by atoms with E-state index in [0.29, 0.717) is 53.3 Å². The summed E-state index contributed by atoms with van der Waals surface area (Å²) < 4.78 is 23.1. The number of nitrogens with zero attached hydrogens (tertiary/aromatic N) is 5. The lowest BCUT2D eigenvalue weighted by atomic mass is 10.1. The van der Waals surface area contributed by atoms with Gasteiger partial charge in [-0.1, -0.05) is 0 Å². The molecule has 5 rings (SSSR count). The van der Waals surface area contributed by atoms with E-state index in [-0.39, 0.29) is 12.7 Å². The van der Waals surface area contributed by atoms with Crippen LogP contribution in [0, 0.1) is 0 Å². The van der Waals surface area contributed by atoms with Crippen LogP contribution in [0.25, 0.3) is 28.7 Å². The van der Waals surface area contributed by atoms with Crippen LogP contribution < -0.4 is 9.47 Å². The van der Waals surface area contributed by atoms with Gasteiger partial charge in [0.15, 0.2) is 17.3 Å². The number of likely N-dealkylation sites (N-methyl/N-ethyl adjacent to an activating group) is 1. The van der Waals surface area contributed by atoms with E-state index in [2.05, 4.69) is 15.1 Å². The summed E-state index contributed by atoms with van der Waals surface area (Å²) >= 11 is 0. The van der Waals surface area contributed by atoms with Crippen LogP contribution in [0.3, 0.4) is 0 Å². The second kappa shape index (κ2) is 8.75. The molecule has 1 amide bonds. The van der Waals surface area contributed by atoms with Crippen LogP contribution in [0.4, 0.5) is 0 Å². The Morgan fingerprint density at radius 2 is 2.09 bits per heavy atom. The van der Waals surface area contributed by atoms with E-state index in [4.69, 9.17) is 18.6 Å². The quantitative estimate of drug-likeness (QED) is 0.426. The molecule has 10 heteroatoms. The highest BCUT2D eigenvalue weighted by Crippen LogP contribution is 2.35. The van der Waals surface area contributed by atoms with Gasteiger partial charge in [-0.25, -0.2) is 9.97 Å². The Morgan fingerprint density at radius 3 is 2.91 bits per heavy atom. The van der Waals surface area contributed by atoms with Crippen molar-refractivity contribution in [2.24, 2.45) is 0 Å². The molecule has 4 aromatic rings. The van der Waals surface area contributed by atoms with Gasteiger partial charge >= 0.3 is 0 Å². The number of hydrogen-bond acceptors (Lipinski definition) is 8. The van der Waals surface area contributed by atoms with Crippen molar-refractivity contribution in [3.63, 3.8) is 0 Å². The zero-order valence-corrected chi connectivity index (χ0v) is 18.1. The molecule has 1 aliphatic rings. The van der Waals surface area contributed by atoms with Crippen LogP contribution in [0.2, 0.25) is 0 Å². The number of methoxy groups -OCH3 is 1. The predicted octanol–water partition coefficient (Wildman–Crippen LogP) is 3.04. The lowest BCUT2D eigenvalue weighted by Crippen LogP contribution is -2.30. The van der Waals surface area contributed by atoms with Crippen LogP contribution in [0.1, 0.15) is 10.4 Å². The molecular weight excluding hydrogens is 426 g/mol. The molecule has 0 saturated heterocycles. The first kappa shape index (κ1) is 20.7. The first-order valence-electron chi connectivity index (χ1n) is 10.3. The summed E-state index contributed by atoms with van der Waals surface area (Å²) in [4.78, 5) is 23.8. The minimum absolute atomic E-state index is 0.198. The summed E-state index contributed by atoms with van der Waals surface area (Å²) in [5.41, 5.74) is 2.35. The fourth-order valence-corrected chi connectivity index (χ4v) is 3.51. The van der Waals surface area contributed by atoms with Crippen molar-refractivity contribution in [2.45, 2.75) is 0 Å². The molecule has 0 unspecified atom stereocenters. The predicted molar refractivity (Wildman–Crippen MR) is 117 cm³/mol. The summed E-state index contributed by atoms with van der Waals surface area (Å²) in [5, 5.41) is 4.43. The molecule has 0 radical (unpaired) electrons. The van der Waals surface area contributed by atoms with E-state index in [9.17, 15) is 4.79 Å². The van der Waals surface area contributed by atoms with E-state index in [1.807, 2.05) is 18.2 Å². The molecule has 3 aromatic heterocycles. The van der Waals surface area contributed by atoms with Crippen molar-refractivity contribution >= 4 is 5.91 Å². The zero-order chi connectivity index (χ0) is 22.8. The van der Waals surface area contributed by atoms with Crippen molar-refractivity contribution in [1.82, 2.24) is 24.6 Å². The second-order valence-corrected chi connectivity index (χ2v) is 7.33. The molecule has 0 spiro atoms. The molecule has 33 heavy (non-hydrogen) atoms. The number of amides is 1. The summed E-state index contributed by atoms with van der Waals surface area (Å²) in [5.74, 6) is 1.93. The van der Waals surface area contributed by atoms with Gasteiger partial charge in [0.05, 0.1) is 30.3 Å². The Balaban J connectivity index is 1.55. The van der Waals surface area contributed by atoms with E-state index in [1.165, 1.54) is 10.9 Å². The maximum absolute atomic E-state index is 13.1. The van der Waals surface area contributed by atoms with Crippen molar-refractivity contribution < 1.29 is 23.4 Å². The number of hydrogen-bond donors (Lipinski definition) is 0. The van der Waals surface area contributed by atoms with Gasteiger partial charge in [-0.2, -0.15) is 9.78 Å². The number of furan rings is 1. The molecule has 0 aliphatic carbocycles. The highest BCUT2D eigenvalue weighted by Gasteiger charge is 2.25. The molecule has 1 aromatic carbocycles. The first-order chi connectivity index (χ1) is 16.2. The fourth-order valence-electron chi connectivity index (χ4n) is 3.51. The van der Waals surface area contributed by atoms with Gasteiger partial charge in [-0.15, -0.1) is 0 Å². The standard InChI is InChI=1S/C23H21N5O5/c1-27(9-11-30-2)22(29)16-13-25-28(21(16)19-4-3-10-31-19)23-24-8-7-17(26-23)15-5-6-18-20(12-15)33-14-32-18/h3-8,10,12-13H,9,11,14H2,1-2H3. The molecule has 4 heterocycles. The summed E-state index contributed by atoms with van der Waals surface area (Å²) in [7, 11) is 3.30. The van der Waals surface area contributed by atoms with Gasteiger partial charge in [-0.3, -0.25) is 4.79 Å². The largest absolute Gasteiger partial charge is 0.463 e. The molecule has 0 saturated carbocycles. The molecule has 1 aliphatic heterocycles. The summed E-state index contributed by atoms with van der Waals surface area (Å²) in [6.07, 6.45) is 4.68. The lowest BCUT2D eigenvalue weighted by Gasteiger charge is -2.16. The van der Waals surface area contributed by atoms with E-state index in [1.54, 1.807) is 49.7 Å². The highest BCUT2D eigenvalue weighted by molar-refractivity contribution is 5.99. The first-order valence-corrected chi connectivity index (χ1v) is 10.3. The van der Waals surface area contributed by atoms with Crippen molar-refractivity contribution in [1.29, 1.82) is 0 Å². The van der Waals surface area contributed by atoms with Gasteiger partial charge < -0.3 is 23.5 Å². The number of fused-ring (bicyclic) bond motifs is 1. The summed E-state index contributed by atoms with van der Waals surface area (Å²) in [6.45, 7) is 1.06. The van der Waals surface area contributed by atoms with Crippen molar-refractivity contribution in [3.05, 3.63) is 60.6 Å². The maximum atomic E-state index is 13.1. The fraction of sp³-hybridized carbons (Fsp3) is 0.217. The Morgan fingerprint density at radius 1 is 1.21 bits per heavy atom. The van der Waals surface area contributed by atoms with Crippen LogP contribution in [-0.2, 0) is 4.74 Å². The van der Waals surface area contributed by atoms with Crippen LogP contribution in [0.15, 0.2) is 59.5 Å². The average Bonchev–Trinajstić information content (AvgIpc) is 3.61. The number of rotatable bonds is 7. The third kappa shape index (κ3) is 3.92. The Bertz CT molecular complexity index is 1280. The van der Waals surface area contributed by atoms with Gasteiger partial charge in [0, 0.05) is 32.5 Å². The average molecular weight is 447 g/mol. The molecule has 0 N–H and O–H groups in total. The molecule has 0 bridgehead atoms.